The molecule has 1 N–H and O–H groups in total. The van der Waals surface area contributed by atoms with Crippen LogP contribution in [0.1, 0.15) is 67.2 Å². The van der Waals surface area contributed by atoms with E-state index >= 15 is 0 Å². The van der Waals surface area contributed by atoms with Crippen molar-refractivity contribution in [1.82, 2.24) is 19.7 Å². The summed E-state index contributed by atoms with van der Waals surface area (Å²) in [7, 11) is 0. The van der Waals surface area contributed by atoms with Gasteiger partial charge in [-0.3, -0.25) is 0 Å². The van der Waals surface area contributed by atoms with Crippen LogP contribution in [0.15, 0.2) is 42.6 Å². The Labute approximate surface area is 165 Å². The van der Waals surface area contributed by atoms with Crippen LogP contribution in [0.3, 0.4) is 0 Å². The lowest BCUT2D eigenvalue weighted by Gasteiger charge is -2.07. The van der Waals surface area contributed by atoms with Crippen molar-refractivity contribution in [2.45, 2.75) is 52.5 Å². The fourth-order valence-corrected chi connectivity index (χ4v) is 3.10. The van der Waals surface area contributed by atoms with Crippen molar-refractivity contribution in [3.63, 3.8) is 0 Å². The Morgan fingerprint density at radius 3 is 2.57 bits per heavy atom. The lowest BCUT2D eigenvalue weighted by atomic mass is 10.0. The van der Waals surface area contributed by atoms with Crippen molar-refractivity contribution in [1.29, 1.82) is 0 Å². The Balaban J connectivity index is 1.85. The van der Waals surface area contributed by atoms with Gasteiger partial charge in [-0.2, -0.15) is 5.10 Å². The average molecular weight is 378 g/mol. The summed E-state index contributed by atoms with van der Waals surface area (Å²) < 4.78 is 2.01. The monoisotopic (exact) mass is 378 g/mol. The molecule has 0 saturated carbocycles. The predicted molar refractivity (Wildman–Crippen MR) is 108 cm³/mol. The van der Waals surface area contributed by atoms with E-state index in [0.29, 0.717) is 17.9 Å². The van der Waals surface area contributed by atoms with Crippen LogP contribution in [0.4, 0.5) is 0 Å². The molecule has 1 aromatic carbocycles. The fourth-order valence-electron chi connectivity index (χ4n) is 3.10. The summed E-state index contributed by atoms with van der Waals surface area (Å²) in [5.74, 6) is 1.20. The lowest BCUT2D eigenvalue weighted by Crippen LogP contribution is -2.06. The number of aromatic carboxylic acids is 1. The molecule has 0 fully saturated rings. The second kappa shape index (κ2) is 8.78. The maximum Gasteiger partial charge on any atom is 0.355 e. The van der Waals surface area contributed by atoms with Gasteiger partial charge in [-0.1, -0.05) is 51.1 Å². The van der Waals surface area contributed by atoms with Crippen LogP contribution < -0.4 is 0 Å². The molecule has 0 aliphatic heterocycles. The topological polar surface area (TPSA) is 80.9 Å². The number of carboxylic acids is 1. The van der Waals surface area contributed by atoms with E-state index in [1.807, 2.05) is 28.9 Å². The van der Waals surface area contributed by atoms with E-state index in [-0.39, 0.29) is 5.69 Å². The largest absolute Gasteiger partial charge is 0.476 e. The number of carbonyl (C=O) groups is 1. The highest BCUT2D eigenvalue weighted by molar-refractivity contribution is 5.93. The van der Waals surface area contributed by atoms with Gasteiger partial charge in [-0.15, -0.1) is 0 Å². The van der Waals surface area contributed by atoms with E-state index in [0.717, 1.165) is 42.2 Å². The Kier molecular flexibility index (Phi) is 6.19. The van der Waals surface area contributed by atoms with E-state index in [9.17, 15) is 9.90 Å². The van der Waals surface area contributed by atoms with E-state index in [1.165, 1.54) is 6.20 Å². The number of nitrogens with zero attached hydrogens (tertiary/aromatic N) is 4. The molecule has 28 heavy (non-hydrogen) atoms. The van der Waals surface area contributed by atoms with Gasteiger partial charge in [0.2, 0.25) is 0 Å². The molecule has 0 aliphatic rings. The van der Waals surface area contributed by atoms with Crippen molar-refractivity contribution in [2.75, 3.05) is 0 Å². The molecule has 0 bridgehead atoms. The summed E-state index contributed by atoms with van der Waals surface area (Å²) in [5.41, 5.74) is 2.64. The minimum absolute atomic E-state index is 0.0659. The molecule has 146 valence electrons. The smallest absolute Gasteiger partial charge is 0.355 e. The Morgan fingerprint density at radius 2 is 1.93 bits per heavy atom. The summed E-state index contributed by atoms with van der Waals surface area (Å²) in [4.78, 5) is 20.2. The molecular formula is C22H26N4O2. The third-order valence-corrected chi connectivity index (χ3v) is 4.89. The average Bonchev–Trinajstić information content (AvgIpc) is 3.10. The van der Waals surface area contributed by atoms with Crippen LogP contribution in [0.25, 0.3) is 11.1 Å². The van der Waals surface area contributed by atoms with Gasteiger partial charge in [0, 0.05) is 30.6 Å². The minimum Gasteiger partial charge on any atom is -0.476 e. The first-order chi connectivity index (χ1) is 13.5. The van der Waals surface area contributed by atoms with Crippen LogP contribution >= 0.6 is 0 Å². The van der Waals surface area contributed by atoms with E-state index in [4.69, 9.17) is 10.1 Å². The van der Waals surface area contributed by atoms with Crippen LogP contribution in [0.2, 0.25) is 0 Å². The second-order valence-corrected chi connectivity index (χ2v) is 7.00. The first kappa shape index (κ1) is 19.7. The number of aryl methyl sites for hydroxylation is 1. The zero-order valence-corrected chi connectivity index (χ0v) is 16.6. The zero-order valence-electron chi connectivity index (χ0n) is 16.6. The number of aromatic nitrogens is 4. The van der Waals surface area contributed by atoms with Gasteiger partial charge >= 0.3 is 5.97 Å². The highest BCUT2D eigenvalue weighted by atomic mass is 16.4. The quantitative estimate of drug-likeness (QED) is 0.622. The summed E-state index contributed by atoms with van der Waals surface area (Å²) >= 11 is 0. The number of carboxylic acid groups (broad SMARTS) is 1. The third kappa shape index (κ3) is 4.27. The first-order valence-electron chi connectivity index (χ1n) is 9.74. The van der Waals surface area contributed by atoms with E-state index < -0.39 is 5.97 Å². The predicted octanol–water partition coefficient (Wildman–Crippen LogP) is 4.55. The van der Waals surface area contributed by atoms with Crippen molar-refractivity contribution in [3.05, 3.63) is 65.5 Å². The molecule has 2 aromatic heterocycles. The molecule has 0 radical (unpaired) electrons. The molecule has 1 unspecified atom stereocenters. The molecule has 0 amide bonds. The van der Waals surface area contributed by atoms with Gasteiger partial charge in [0.05, 0.1) is 0 Å². The molecule has 3 rings (SSSR count). The van der Waals surface area contributed by atoms with Gasteiger partial charge < -0.3 is 5.11 Å². The minimum atomic E-state index is -1.02. The van der Waals surface area contributed by atoms with Crippen molar-refractivity contribution < 1.29 is 9.90 Å². The Hall–Kier alpha value is -3.02. The molecule has 0 spiro atoms. The maximum atomic E-state index is 11.4. The Morgan fingerprint density at radius 1 is 1.18 bits per heavy atom. The number of benzene rings is 1. The van der Waals surface area contributed by atoms with Crippen LogP contribution in [-0.2, 0) is 13.0 Å². The third-order valence-electron chi connectivity index (χ3n) is 4.89. The molecule has 2 heterocycles. The number of hydrogen-bond donors (Lipinski definition) is 1. The molecule has 6 heteroatoms. The SMILES string of the molecule is CCCn1nc(C(C)CC)nc1Cc1ccc(-c2cccnc2C(=O)O)cc1. The van der Waals surface area contributed by atoms with Crippen LogP contribution in [0.5, 0.6) is 0 Å². The molecular weight excluding hydrogens is 352 g/mol. The van der Waals surface area contributed by atoms with Gasteiger partial charge in [-0.25, -0.2) is 19.4 Å². The number of rotatable bonds is 8. The Bertz CT molecular complexity index is 947. The standard InChI is InChI=1S/C22H26N4O2/c1-4-13-26-19(24-21(25-26)15(3)5-2)14-16-8-10-17(11-9-16)18-7-6-12-23-20(18)22(27)28/h6-12,15H,4-5,13-14H2,1-3H3,(H,27,28). The van der Waals surface area contributed by atoms with E-state index in [1.54, 1.807) is 12.1 Å². The number of pyridine rings is 1. The number of hydrogen-bond acceptors (Lipinski definition) is 4. The summed E-state index contributed by atoms with van der Waals surface area (Å²) in [6.45, 7) is 7.29. The van der Waals surface area contributed by atoms with Crippen molar-refractivity contribution in [3.8, 4) is 11.1 Å². The van der Waals surface area contributed by atoms with Crippen LogP contribution in [-0.4, -0.2) is 30.8 Å². The second-order valence-electron chi connectivity index (χ2n) is 7.00. The normalized spacial score (nSPS) is 12.1. The van der Waals surface area contributed by atoms with Gasteiger partial charge in [-0.05, 0) is 30.0 Å². The highest BCUT2D eigenvalue weighted by Gasteiger charge is 2.15. The maximum absolute atomic E-state index is 11.4. The molecule has 0 aliphatic carbocycles. The highest BCUT2D eigenvalue weighted by Crippen LogP contribution is 2.24. The van der Waals surface area contributed by atoms with Gasteiger partial charge in [0.25, 0.3) is 0 Å². The molecule has 3 aromatic rings. The summed E-state index contributed by atoms with van der Waals surface area (Å²) in [5, 5.41) is 14.0. The molecule has 0 saturated heterocycles. The zero-order chi connectivity index (χ0) is 20.1. The summed E-state index contributed by atoms with van der Waals surface area (Å²) in [6, 6.07) is 11.4. The van der Waals surface area contributed by atoms with Crippen molar-refractivity contribution in [2.24, 2.45) is 0 Å². The first-order valence-corrected chi connectivity index (χ1v) is 9.74. The molecule has 1 atom stereocenters. The fraction of sp³-hybridized carbons (Fsp3) is 0.364. The van der Waals surface area contributed by atoms with Gasteiger partial charge in [0.15, 0.2) is 11.5 Å². The molecule has 6 nitrogen and oxygen atoms in total. The van der Waals surface area contributed by atoms with Crippen molar-refractivity contribution >= 4 is 5.97 Å². The lowest BCUT2D eigenvalue weighted by molar-refractivity contribution is 0.0691. The van der Waals surface area contributed by atoms with Gasteiger partial charge in [0.1, 0.15) is 5.82 Å². The van der Waals surface area contributed by atoms with Crippen LogP contribution in [0, 0.1) is 0 Å². The summed E-state index contributed by atoms with van der Waals surface area (Å²) in [6.07, 6.45) is 4.22. The van der Waals surface area contributed by atoms with E-state index in [2.05, 4.69) is 25.8 Å².